The monoisotopic (exact) mass is 216 g/mol. The molecule has 1 aromatic heterocycles. The average Bonchev–Trinajstić information content (AvgIpc) is 3.10. The van der Waals surface area contributed by atoms with Crippen LogP contribution in [-0.2, 0) is 0 Å². The zero-order valence-electron chi connectivity index (χ0n) is 8.76. The fourth-order valence-electron chi connectivity index (χ4n) is 1.60. The highest BCUT2D eigenvalue weighted by Gasteiger charge is 2.28. The molecule has 1 aliphatic carbocycles. The first-order chi connectivity index (χ1) is 7.72. The van der Waals surface area contributed by atoms with Crippen LogP contribution in [0.25, 0.3) is 0 Å². The van der Waals surface area contributed by atoms with Gasteiger partial charge in [-0.2, -0.15) is 0 Å². The zero-order chi connectivity index (χ0) is 11.5. The van der Waals surface area contributed by atoms with Crippen molar-refractivity contribution >= 4 is 11.7 Å². The summed E-state index contributed by atoms with van der Waals surface area (Å²) in [4.78, 5) is 16.6. The van der Waals surface area contributed by atoms with Crippen LogP contribution >= 0.6 is 0 Å². The molecular weight excluding hydrogens is 204 g/mol. The van der Waals surface area contributed by atoms with Crippen LogP contribution in [0.3, 0.4) is 0 Å². The van der Waals surface area contributed by atoms with Gasteiger partial charge in [0.05, 0.1) is 18.4 Å². The molecule has 0 atom stereocenters. The van der Waals surface area contributed by atoms with Gasteiger partial charge in [-0.1, -0.05) is 5.92 Å². The number of pyridine rings is 1. The molecule has 0 unspecified atom stereocenters. The van der Waals surface area contributed by atoms with E-state index in [1.165, 1.54) is 6.07 Å². The van der Waals surface area contributed by atoms with E-state index in [-0.39, 0.29) is 5.69 Å². The summed E-state index contributed by atoms with van der Waals surface area (Å²) >= 11 is 0. The highest BCUT2D eigenvalue weighted by atomic mass is 16.4. The van der Waals surface area contributed by atoms with Gasteiger partial charge >= 0.3 is 5.97 Å². The van der Waals surface area contributed by atoms with Gasteiger partial charge in [-0.25, -0.2) is 9.78 Å². The molecule has 0 radical (unpaired) electrons. The Morgan fingerprint density at radius 1 is 1.62 bits per heavy atom. The molecule has 4 nitrogen and oxygen atoms in total. The van der Waals surface area contributed by atoms with Gasteiger partial charge in [0.2, 0.25) is 0 Å². The van der Waals surface area contributed by atoms with Gasteiger partial charge in [0.15, 0.2) is 0 Å². The molecule has 4 heteroatoms. The lowest BCUT2D eigenvalue weighted by atomic mass is 10.3. The molecule has 0 bridgehead atoms. The molecule has 1 heterocycles. The second-order valence-electron chi connectivity index (χ2n) is 3.77. The molecule has 82 valence electrons. The largest absolute Gasteiger partial charge is 0.477 e. The van der Waals surface area contributed by atoms with Crippen molar-refractivity contribution in [1.29, 1.82) is 0 Å². The first kappa shape index (κ1) is 10.5. The van der Waals surface area contributed by atoms with Crippen molar-refractivity contribution in [2.75, 3.05) is 11.4 Å². The van der Waals surface area contributed by atoms with Crippen LogP contribution in [0.4, 0.5) is 5.69 Å². The lowest BCUT2D eigenvalue weighted by Gasteiger charge is -2.21. The van der Waals surface area contributed by atoms with E-state index in [0.717, 1.165) is 18.5 Å². The number of aromatic carboxylic acids is 1. The SMILES string of the molecule is C#CCN(c1ccc(C(=O)O)nc1)C1CC1. The van der Waals surface area contributed by atoms with E-state index in [1.54, 1.807) is 12.3 Å². The molecule has 1 saturated carbocycles. The van der Waals surface area contributed by atoms with Gasteiger partial charge in [0.1, 0.15) is 5.69 Å². The van der Waals surface area contributed by atoms with Crippen molar-refractivity contribution in [1.82, 2.24) is 4.98 Å². The molecule has 0 aromatic carbocycles. The van der Waals surface area contributed by atoms with E-state index in [4.69, 9.17) is 11.5 Å². The van der Waals surface area contributed by atoms with Gasteiger partial charge in [-0.3, -0.25) is 0 Å². The predicted molar refractivity (Wildman–Crippen MR) is 60.4 cm³/mol. The van der Waals surface area contributed by atoms with E-state index in [1.807, 2.05) is 0 Å². The van der Waals surface area contributed by atoms with Crippen LogP contribution in [-0.4, -0.2) is 28.6 Å². The molecule has 1 aliphatic rings. The fraction of sp³-hybridized carbons (Fsp3) is 0.333. The van der Waals surface area contributed by atoms with Gasteiger partial charge in [-0.05, 0) is 25.0 Å². The van der Waals surface area contributed by atoms with Gasteiger partial charge in [-0.15, -0.1) is 6.42 Å². The van der Waals surface area contributed by atoms with Crippen molar-refractivity contribution in [3.05, 3.63) is 24.0 Å². The van der Waals surface area contributed by atoms with Crippen LogP contribution in [0, 0.1) is 12.3 Å². The number of hydrogen-bond acceptors (Lipinski definition) is 3. The number of hydrogen-bond donors (Lipinski definition) is 1. The Morgan fingerprint density at radius 2 is 2.38 bits per heavy atom. The smallest absolute Gasteiger partial charge is 0.354 e. The van der Waals surface area contributed by atoms with Crippen LogP contribution in [0.2, 0.25) is 0 Å². The van der Waals surface area contributed by atoms with Crippen molar-refractivity contribution in [3.8, 4) is 12.3 Å². The second kappa shape index (κ2) is 4.23. The number of nitrogens with zero attached hydrogens (tertiary/aromatic N) is 2. The first-order valence-corrected chi connectivity index (χ1v) is 5.12. The Morgan fingerprint density at radius 3 is 2.81 bits per heavy atom. The Balaban J connectivity index is 2.18. The average molecular weight is 216 g/mol. The highest BCUT2D eigenvalue weighted by molar-refractivity contribution is 5.85. The summed E-state index contributed by atoms with van der Waals surface area (Å²) in [6.07, 6.45) is 9.16. The standard InChI is InChI=1S/C12H12N2O2/c1-2-7-14(9-3-4-9)10-5-6-11(12(15)16)13-8-10/h1,5-6,8-9H,3-4,7H2,(H,15,16). The summed E-state index contributed by atoms with van der Waals surface area (Å²) in [6.45, 7) is 0.540. The summed E-state index contributed by atoms with van der Waals surface area (Å²) in [5.41, 5.74) is 0.950. The highest BCUT2D eigenvalue weighted by Crippen LogP contribution is 2.30. The molecule has 2 rings (SSSR count). The van der Waals surface area contributed by atoms with E-state index >= 15 is 0 Å². The summed E-state index contributed by atoms with van der Waals surface area (Å²) in [5.74, 6) is 1.59. The molecule has 0 aliphatic heterocycles. The van der Waals surface area contributed by atoms with Crippen LogP contribution in [0.5, 0.6) is 0 Å². The van der Waals surface area contributed by atoms with E-state index in [9.17, 15) is 4.79 Å². The molecule has 1 fully saturated rings. The number of rotatable bonds is 4. The molecule has 0 saturated heterocycles. The third-order valence-electron chi connectivity index (χ3n) is 2.55. The maximum Gasteiger partial charge on any atom is 0.354 e. The second-order valence-corrected chi connectivity index (χ2v) is 3.77. The van der Waals surface area contributed by atoms with Crippen molar-refractivity contribution < 1.29 is 9.90 Å². The number of terminal acetylenes is 1. The van der Waals surface area contributed by atoms with Crippen molar-refractivity contribution in [2.24, 2.45) is 0 Å². The summed E-state index contributed by atoms with van der Waals surface area (Å²) < 4.78 is 0. The van der Waals surface area contributed by atoms with Crippen LogP contribution in [0.1, 0.15) is 23.3 Å². The Kier molecular flexibility index (Phi) is 2.78. The van der Waals surface area contributed by atoms with Gasteiger partial charge in [0.25, 0.3) is 0 Å². The molecular formula is C12H12N2O2. The Hall–Kier alpha value is -2.02. The number of aromatic nitrogens is 1. The minimum atomic E-state index is -1.01. The number of carbonyl (C=O) groups is 1. The van der Waals surface area contributed by atoms with Crippen molar-refractivity contribution in [2.45, 2.75) is 18.9 Å². The quantitative estimate of drug-likeness (QED) is 0.772. The Labute approximate surface area is 93.9 Å². The minimum absolute atomic E-state index is 0.0557. The lowest BCUT2D eigenvalue weighted by Crippen LogP contribution is -2.26. The van der Waals surface area contributed by atoms with E-state index in [2.05, 4.69) is 15.8 Å². The summed E-state index contributed by atoms with van der Waals surface area (Å²) in [7, 11) is 0. The molecule has 0 amide bonds. The maximum atomic E-state index is 10.6. The maximum absolute atomic E-state index is 10.6. The number of anilines is 1. The fourth-order valence-corrected chi connectivity index (χ4v) is 1.60. The molecule has 1 aromatic rings. The minimum Gasteiger partial charge on any atom is -0.477 e. The van der Waals surface area contributed by atoms with Crippen LogP contribution < -0.4 is 4.90 Å². The van der Waals surface area contributed by atoms with E-state index < -0.39 is 5.97 Å². The van der Waals surface area contributed by atoms with Crippen molar-refractivity contribution in [3.63, 3.8) is 0 Å². The zero-order valence-corrected chi connectivity index (χ0v) is 8.76. The predicted octanol–water partition coefficient (Wildman–Crippen LogP) is 1.38. The third-order valence-corrected chi connectivity index (χ3v) is 2.55. The topological polar surface area (TPSA) is 53.4 Å². The number of carboxylic acid groups (broad SMARTS) is 1. The van der Waals surface area contributed by atoms with Crippen LogP contribution in [0.15, 0.2) is 18.3 Å². The lowest BCUT2D eigenvalue weighted by molar-refractivity contribution is 0.0690. The normalized spacial score (nSPS) is 14.2. The molecule has 0 spiro atoms. The number of carboxylic acids is 1. The summed E-state index contributed by atoms with van der Waals surface area (Å²) in [5, 5.41) is 8.73. The summed E-state index contributed by atoms with van der Waals surface area (Å²) in [6, 6.07) is 3.75. The Bertz CT molecular complexity index is 429. The molecule has 16 heavy (non-hydrogen) atoms. The third kappa shape index (κ3) is 2.14. The first-order valence-electron chi connectivity index (χ1n) is 5.12. The van der Waals surface area contributed by atoms with Gasteiger partial charge < -0.3 is 10.0 Å². The van der Waals surface area contributed by atoms with E-state index in [0.29, 0.717) is 12.6 Å². The van der Waals surface area contributed by atoms with Gasteiger partial charge in [0, 0.05) is 6.04 Å². The molecule has 1 N–H and O–H groups in total.